The van der Waals surface area contributed by atoms with Crippen molar-refractivity contribution in [3.05, 3.63) is 75.0 Å². The first-order valence-corrected chi connectivity index (χ1v) is 9.05. The van der Waals surface area contributed by atoms with Crippen LogP contribution < -0.4 is 9.64 Å². The van der Waals surface area contributed by atoms with E-state index in [-0.39, 0.29) is 17.3 Å². The number of carbonyl (C=O) groups is 1. The van der Waals surface area contributed by atoms with E-state index in [0.29, 0.717) is 11.4 Å². The minimum Gasteiger partial charge on any atom is -0.465 e. The van der Waals surface area contributed by atoms with Crippen molar-refractivity contribution in [3.8, 4) is 11.6 Å². The van der Waals surface area contributed by atoms with Gasteiger partial charge < -0.3 is 14.4 Å². The minimum absolute atomic E-state index is 0.0338. The molecule has 9 nitrogen and oxygen atoms in total. The fourth-order valence-electron chi connectivity index (χ4n) is 2.61. The highest BCUT2D eigenvalue weighted by Crippen LogP contribution is 2.39. The Morgan fingerprint density at radius 2 is 1.83 bits per heavy atom. The molecule has 0 aliphatic rings. The summed E-state index contributed by atoms with van der Waals surface area (Å²) < 4.78 is 11.2. The normalized spacial score (nSPS) is 10.3. The summed E-state index contributed by atoms with van der Waals surface area (Å²) in [7, 11) is 2.82. The first-order valence-electron chi connectivity index (χ1n) is 8.26. The SMILES string of the molecule is COC(=O)c1ccccc1N(C)c1ncnc(Oc2ccc(Br)cc2)c1[N+](=O)[O-]. The summed E-state index contributed by atoms with van der Waals surface area (Å²) in [5.74, 6) is -0.452. The molecule has 0 saturated heterocycles. The summed E-state index contributed by atoms with van der Waals surface area (Å²) >= 11 is 3.32. The molecule has 0 atom stereocenters. The Balaban J connectivity index is 2.07. The third-order valence-corrected chi connectivity index (χ3v) is 4.50. The highest BCUT2D eigenvalue weighted by molar-refractivity contribution is 9.10. The average Bonchev–Trinajstić information content (AvgIpc) is 2.74. The summed E-state index contributed by atoms with van der Waals surface area (Å²) in [6.45, 7) is 0. The molecular weight excluding hydrogens is 444 g/mol. The van der Waals surface area contributed by atoms with Crippen LogP contribution in [-0.4, -0.2) is 35.0 Å². The maximum Gasteiger partial charge on any atom is 0.373 e. The molecule has 2 aromatic carbocycles. The fourth-order valence-corrected chi connectivity index (χ4v) is 2.88. The number of rotatable bonds is 6. The molecule has 1 aromatic heterocycles. The first-order chi connectivity index (χ1) is 13.9. The van der Waals surface area contributed by atoms with Crippen molar-refractivity contribution in [2.75, 3.05) is 19.1 Å². The molecule has 0 spiro atoms. The Bertz CT molecular complexity index is 1060. The maximum atomic E-state index is 12.1. The van der Waals surface area contributed by atoms with Crippen molar-refractivity contribution in [1.29, 1.82) is 0 Å². The molecule has 0 radical (unpaired) electrons. The molecular formula is C19H15BrN4O5. The third kappa shape index (κ3) is 4.32. The topological polar surface area (TPSA) is 108 Å². The van der Waals surface area contributed by atoms with E-state index in [0.717, 1.165) is 10.8 Å². The highest BCUT2D eigenvalue weighted by Gasteiger charge is 2.29. The number of nitrogens with zero attached hydrogens (tertiary/aromatic N) is 4. The number of methoxy groups -OCH3 is 1. The van der Waals surface area contributed by atoms with Crippen LogP contribution in [0, 0.1) is 10.1 Å². The van der Waals surface area contributed by atoms with Crippen LogP contribution in [0.3, 0.4) is 0 Å². The molecule has 0 aliphatic carbocycles. The van der Waals surface area contributed by atoms with Gasteiger partial charge in [0.2, 0.25) is 5.82 Å². The van der Waals surface area contributed by atoms with Crippen molar-refractivity contribution < 1.29 is 19.2 Å². The van der Waals surface area contributed by atoms with E-state index in [1.54, 1.807) is 55.6 Å². The zero-order valence-electron chi connectivity index (χ0n) is 15.4. The number of carbonyl (C=O) groups excluding carboxylic acids is 1. The van der Waals surface area contributed by atoms with E-state index in [1.807, 2.05) is 0 Å². The van der Waals surface area contributed by atoms with Crippen molar-refractivity contribution in [2.45, 2.75) is 0 Å². The van der Waals surface area contributed by atoms with Gasteiger partial charge in [0.15, 0.2) is 0 Å². The van der Waals surface area contributed by atoms with Crippen LogP contribution in [0.25, 0.3) is 0 Å². The van der Waals surface area contributed by atoms with Gasteiger partial charge in [-0.25, -0.2) is 9.78 Å². The molecule has 0 fully saturated rings. The van der Waals surface area contributed by atoms with Crippen LogP contribution >= 0.6 is 15.9 Å². The number of esters is 1. The van der Waals surface area contributed by atoms with Crippen LogP contribution in [-0.2, 0) is 4.74 Å². The van der Waals surface area contributed by atoms with Crippen molar-refractivity contribution in [3.63, 3.8) is 0 Å². The quantitative estimate of drug-likeness (QED) is 0.301. The predicted molar refractivity (Wildman–Crippen MR) is 109 cm³/mol. The number of hydrogen-bond donors (Lipinski definition) is 0. The smallest absolute Gasteiger partial charge is 0.373 e. The summed E-state index contributed by atoms with van der Waals surface area (Å²) in [6, 6.07) is 13.3. The number of nitro groups is 1. The van der Waals surface area contributed by atoms with Gasteiger partial charge in [0, 0.05) is 11.5 Å². The lowest BCUT2D eigenvalue weighted by Gasteiger charge is -2.20. The standard InChI is InChI=1S/C19H15BrN4O5/c1-23(15-6-4-3-5-14(15)19(25)28-2)17-16(24(26)27)18(22-11-21-17)29-13-9-7-12(20)8-10-13/h3-11H,1-2H3. The van der Waals surface area contributed by atoms with Gasteiger partial charge in [0.05, 0.1) is 23.3 Å². The maximum absolute atomic E-state index is 12.1. The Kier molecular flexibility index (Phi) is 6.03. The molecule has 0 unspecified atom stereocenters. The third-order valence-electron chi connectivity index (χ3n) is 3.97. The molecule has 10 heteroatoms. The van der Waals surface area contributed by atoms with Gasteiger partial charge >= 0.3 is 17.5 Å². The average molecular weight is 459 g/mol. The van der Waals surface area contributed by atoms with E-state index in [9.17, 15) is 14.9 Å². The summed E-state index contributed by atoms with van der Waals surface area (Å²) in [5, 5.41) is 11.8. The van der Waals surface area contributed by atoms with Gasteiger partial charge in [-0.05, 0) is 36.4 Å². The summed E-state index contributed by atoms with van der Waals surface area (Å²) in [5.41, 5.74) is 0.189. The van der Waals surface area contributed by atoms with Crippen molar-refractivity contribution in [2.24, 2.45) is 0 Å². The number of aromatic nitrogens is 2. The lowest BCUT2D eigenvalue weighted by molar-refractivity contribution is -0.385. The molecule has 0 N–H and O–H groups in total. The molecule has 0 bridgehead atoms. The van der Waals surface area contributed by atoms with E-state index >= 15 is 0 Å². The molecule has 29 heavy (non-hydrogen) atoms. The monoisotopic (exact) mass is 458 g/mol. The van der Waals surface area contributed by atoms with Gasteiger partial charge in [-0.3, -0.25) is 10.1 Å². The number of halogens is 1. The Morgan fingerprint density at radius 3 is 2.48 bits per heavy atom. The van der Waals surface area contributed by atoms with Crippen LogP contribution in [0.1, 0.15) is 10.4 Å². The van der Waals surface area contributed by atoms with E-state index in [2.05, 4.69) is 25.9 Å². The largest absolute Gasteiger partial charge is 0.465 e. The highest BCUT2D eigenvalue weighted by atomic mass is 79.9. The van der Waals surface area contributed by atoms with Crippen molar-refractivity contribution in [1.82, 2.24) is 9.97 Å². The molecule has 3 aromatic rings. The Hall–Kier alpha value is -3.53. The second-order valence-corrected chi connectivity index (χ2v) is 6.65. The number of hydrogen-bond acceptors (Lipinski definition) is 8. The van der Waals surface area contributed by atoms with Gasteiger partial charge in [0.25, 0.3) is 0 Å². The molecule has 148 valence electrons. The molecule has 3 rings (SSSR count). The van der Waals surface area contributed by atoms with Gasteiger partial charge in [-0.2, -0.15) is 4.98 Å². The summed E-state index contributed by atoms with van der Waals surface area (Å²) in [4.78, 5) is 32.7. The molecule has 1 heterocycles. The van der Waals surface area contributed by atoms with Gasteiger partial charge in [-0.1, -0.05) is 28.1 Å². The Labute approximate surface area is 174 Å². The van der Waals surface area contributed by atoms with Crippen LogP contribution in [0.4, 0.5) is 17.2 Å². The van der Waals surface area contributed by atoms with E-state index < -0.39 is 16.6 Å². The van der Waals surface area contributed by atoms with E-state index in [1.165, 1.54) is 12.0 Å². The molecule has 0 amide bonds. The zero-order chi connectivity index (χ0) is 21.0. The van der Waals surface area contributed by atoms with Gasteiger partial charge in [0.1, 0.15) is 12.1 Å². The molecule has 0 aliphatic heterocycles. The Morgan fingerprint density at radius 1 is 1.14 bits per heavy atom. The zero-order valence-corrected chi connectivity index (χ0v) is 17.0. The van der Waals surface area contributed by atoms with Crippen LogP contribution in [0.15, 0.2) is 59.3 Å². The number of para-hydroxylation sites is 1. The van der Waals surface area contributed by atoms with Crippen molar-refractivity contribution >= 4 is 39.1 Å². The van der Waals surface area contributed by atoms with Crippen LogP contribution in [0.2, 0.25) is 0 Å². The fraction of sp³-hybridized carbons (Fsp3) is 0.105. The molecule has 0 saturated carbocycles. The second-order valence-electron chi connectivity index (χ2n) is 5.73. The summed E-state index contributed by atoms with van der Waals surface area (Å²) in [6.07, 6.45) is 1.16. The number of anilines is 2. The second kappa shape index (κ2) is 8.65. The lowest BCUT2D eigenvalue weighted by Crippen LogP contribution is -2.18. The number of benzene rings is 2. The first kappa shape index (κ1) is 20.2. The lowest BCUT2D eigenvalue weighted by atomic mass is 10.1. The predicted octanol–water partition coefficient (Wildman–Crippen LogP) is 4.49. The van der Waals surface area contributed by atoms with E-state index in [4.69, 9.17) is 9.47 Å². The number of ether oxygens (including phenoxy) is 2. The van der Waals surface area contributed by atoms with Crippen LogP contribution in [0.5, 0.6) is 11.6 Å². The van der Waals surface area contributed by atoms with Gasteiger partial charge in [-0.15, -0.1) is 0 Å². The minimum atomic E-state index is -0.624.